The van der Waals surface area contributed by atoms with Crippen molar-refractivity contribution >= 4 is 11.8 Å². The van der Waals surface area contributed by atoms with Crippen molar-refractivity contribution in [3.05, 3.63) is 11.7 Å². The Hall–Kier alpha value is -0.760. The van der Waals surface area contributed by atoms with Gasteiger partial charge in [-0.25, -0.2) is 0 Å². The van der Waals surface area contributed by atoms with E-state index in [4.69, 9.17) is 5.73 Å². The van der Waals surface area contributed by atoms with Crippen LogP contribution in [0.25, 0.3) is 0 Å². The molecule has 2 unspecified atom stereocenters. The van der Waals surface area contributed by atoms with Crippen LogP contribution in [0.1, 0.15) is 25.1 Å². The van der Waals surface area contributed by atoms with Gasteiger partial charge in [0, 0.05) is 11.0 Å². The van der Waals surface area contributed by atoms with Crippen LogP contribution in [0.15, 0.2) is 4.52 Å². The van der Waals surface area contributed by atoms with Crippen LogP contribution in [0.3, 0.4) is 0 Å². The summed E-state index contributed by atoms with van der Waals surface area (Å²) in [5.41, 5.74) is 5.05. The molecule has 90 valence electrons. The number of aromatic nitrogens is 2. The highest BCUT2D eigenvalue weighted by molar-refractivity contribution is 8.00. The first-order chi connectivity index (χ1) is 7.31. The summed E-state index contributed by atoms with van der Waals surface area (Å²) in [6, 6.07) is 0. The molecule has 1 aliphatic heterocycles. The van der Waals surface area contributed by atoms with Crippen LogP contribution in [-0.4, -0.2) is 21.1 Å². The average Bonchev–Trinajstić information content (AvgIpc) is 2.71. The van der Waals surface area contributed by atoms with E-state index in [1.807, 2.05) is 6.92 Å². The molecule has 0 spiro atoms. The lowest BCUT2D eigenvalue weighted by molar-refractivity contribution is -0.159. The fourth-order valence-electron chi connectivity index (χ4n) is 1.62. The SMILES string of the molecule is CC1CC(N)(c2noc(C(F)(F)F)n2)CS1. The Labute approximate surface area is 93.8 Å². The largest absolute Gasteiger partial charge is 0.471 e. The number of thioether (sulfide) groups is 1. The van der Waals surface area contributed by atoms with Gasteiger partial charge in [-0.1, -0.05) is 12.1 Å². The van der Waals surface area contributed by atoms with Crippen molar-refractivity contribution in [3.63, 3.8) is 0 Å². The van der Waals surface area contributed by atoms with Gasteiger partial charge in [-0.05, 0) is 6.42 Å². The van der Waals surface area contributed by atoms with Crippen LogP contribution in [-0.2, 0) is 11.7 Å². The molecule has 2 N–H and O–H groups in total. The van der Waals surface area contributed by atoms with Gasteiger partial charge < -0.3 is 10.3 Å². The van der Waals surface area contributed by atoms with Gasteiger partial charge in [0.1, 0.15) is 0 Å². The van der Waals surface area contributed by atoms with E-state index in [9.17, 15) is 13.2 Å². The lowest BCUT2D eigenvalue weighted by Gasteiger charge is -2.17. The molecule has 1 aromatic rings. The summed E-state index contributed by atoms with van der Waals surface area (Å²) in [5, 5.41) is 3.62. The molecule has 0 radical (unpaired) electrons. The predicted molar refractivity (Wildman–Crippen MR) is 51.7 cm³/mol. The fraction of sp³-hybridized carbons (Fsp3) is 0.750. The lowest BCUT2D eigenvalue weighted by Crippen LogP contribution is -2.38. The van der Waals surface area contributed by atoms with Crippen LogP contribution in [0.4, 0.5) is 13.2 Å². The van der Waals surface area contributed by atoms with Gasteiger partial charge in [0.25, 0.3) is 0 Å². The second-order valence-corrected chi connectivity index (χ2v) is 5.33. The molecular weight excluding hydrogens is 243 g/mol. The molecule has 2 heterocycles. The number of alkyl halides is 3. The molecule has 4 nitrogen and oxygen atoms in total. The first-order valence-corrected chi connectivity index (χ1v) is 5.68. The Balaban J connectivity index is 2.25. The molecule has 16 heavy (non-hydrogen) atoms. The molecular formula is C8H10F3N3OS. The van der Waals surface area contributed by atoms with E-state index in [-0.39, 0.29) is 11.1 Å². The van der Waals surface area contributed by atoms with Gasteiger partial charge in [-0.15, -0.1) is 0 Å². The van der Waals surface area contributed by atoms with Gasteiger partial charge in [0.2, 0.25) is 0 Å². The van der Waals surface area contributed by atoms with Crippen LogP contribution in [0.5, 0.6) is 0 Å². The maximum absolute atomic E-state index is 12.2. The highest BCUT2D eigenvalue weighted by atomic mass is 32.2. The van der Waals surface area contributed by atoms with E-state index >= 15 is 0 Å². The normalized spacial score (nSPS) is 30.9. The molecule has 0 amide bonds. The molecule has 0 saturated carbocycles. The summed E-state index contributed by atoms with van der Waals surface area (Å²) in [4.78, 5) is 3.33. The summed E-state index contributed by atoms with van der Waals surface area (Å²) in [5.74, 6) is -0.890. The maximum Gasteiger partial charge on any atom is 0.471 e. The Morgan fingerprint density at radius 3 is 2.69 bits per heavy atom. The highest BCUT2D eigenvalue weighted by Gasteiger charge is 2.44. The molecule has 0 bridgehead atoms. The summed E-state index contributed by atoms with van der Waals surface area (Å²) >= 11 is 1.59. The molecule has 1 aliphatic rings. The minimum atomic E-state index is -4.61. The van der Waals surface area contributed by atoms with Gasteiger partial charge in [0.15, 0.2) is 5.82 Å². The van der Waals surface area contributed by atoms with Gasteiger partial charge >= 0.3 is 12.1 Å². The number of hydrogen-bond acceptors (Lipinski definition) is 5. The van der Waals surface area contributed by atoms with Gasteiger partial charge in [0.05, 0.1) is 5.54 Å². The van der Waals surface area contributed by atoms with E-state index in [1.54, 1.807) is 11.8 Å². The summed E-state index contributed by atoms with van der Waals surface area (Å²) < 4.78 is 40.9. The minimum absolute atomic E-state index is 0.0586. The molecule has 8 heteroatoms. The zero-order valence-electron chi connectivity index (χ0n) is 8.41. The summed E-state index contributed by atoms with van der Waals surface area (Å²) in [7, 11) is 0. The van der Waals surface area contributed by atoms with E-state index < -0.39 is 17.6 Å². The number of halogens is 3. The third-order valence-electron chi connectivity index (χ3n) is 2.39. The second kappa shape index (κ2) is 3.63. The molecule has 2 atom stereocenters. The van der Waals surface area contributed by atoms with Crippen molar-refractivity contribution in [1.82, 2.24) is 10.1 Å². The monoisotopic (exact) mass is 253 g/mol. The van der Waals surface area contributed by atoms with Crippen LogP contribution >= 0.6 is 11.8 Å². The van der Waals surface area contributed by atoms with E-state index in [0.29, 0.717) is 12.2 Å². The molecule has 1 aromatic heterocycles. The molecule has 1 saturated heterocycles. The topological polar surface area (TPSA) is 64.9 Å². The smallest absolute Gasteiger partial charge is 0.329 e. The third kappa shape index (κ3) is 2.03. The standard InChI is InChI=1S/C8H10F3N3OS/c1-4-2-7(12,3-16-4)5-13-6(15-14-5)8(9,10)11/h4H,2-3,12H2,1H3. The molecule has 0 aliphatic carbocycles. The first kappa shape index (κ1) is 11.7. The maximum atomic E-state index is 12.2. The van der Waals surface area contributed by atoms with E-state index in [2.05, 4.69) is 14.7 Å². The Kier molecular flexibility index (Phi) is 2.66. The summed E-state index contributed by atoms with van der Waals surface area (Å²) in [6.45, 7) is 1.96. The van der Waals surface area contributed by atoms with E-state index in [0.717, 1.165) is 0 Å². The predicted octanol–water partition coefficient (Wildman–Crippen LogP) is 1.77. The van der Waals surface area contributed by atoms with E-state index in [1.165, 1.54) is 0 Å². The second-order valence-electron chi connectivity index (χ2n) is 3.90. The van der Waals surface area contributed by atoms with Crippen molar-refractivity contribution < 1.29 is 17.7 Å². The van der Waals surface area contributed by atoms with Gasteiger partial charge in [-0.2, -0.15) is 29.9 Å². The highest BCUT2D eigenvalue weighted by Crippen LogP contribution is 2.39. The average molecular weight is 253 g/mol. The van der Waals surface area contributed by atoms with Crippen molar-refractivity contribution in [2.45, 2.75) is 30.3 Å². The van der Waals surface area contributed by atoms with Gasteiger partial charge in [-0.3, -0.25) is 0 Å². The number of nitrogens with zero attached hydrogens (tertiary/aromatic N) is 2. The Morgan fingerprint density at radius 1 is 1.56 bits per heavy atom. The van der Waals surface area contributed by atoms with Crippen LogP contribution < -0.4 is 5.73 Å². The van der Waals surface area contributed by atoms with Crippen LogP contribution in [0.2, 0.25) is 0 Å². The van der Waals surface area contributed by atoms with Crippen molar-refractivity contribution in [2.24, 2.45) is 5.73 Å². The molecule has 2 rings (SSSR count). The number of rotatable bonds is 1. The summed E-state index contributed by atoms with van der Waals surface area (Å²) in [6.07, 6.45) is -4.06. The quantitative estimate of drug-likeness (QED) is 0.826. The third-order valence-corrected chi connectivity index (χ3v) is 3.81. The minimum Gasteiger partial charge on any atom is -0.329 e. The van der Waals surface area contributed by atoms with Crippen molar-refractivity contribution in [2.75, 3.05) is 5.75 Å². The van der Waals surface area contributed by atoms with Crippen molar-refractivity contribution in [3.8, 4) is 0 Å². The van der Waals surface area contributed by atoms with Crippen molar-refractivity contribution in [1.29, 1.82) is 0 Å². The zero-order chi connectivity index (χ0) is 12.0. The number of hydrogen-bond donors (Lipinski definition) is 1. The Bertz CT molecular complexity index is 394. The first-order valence-electron chi connectivity index (χ1n) is 4.63. The molecule has 0 aromatic carbocycles. The zero-order valence-corrected chi connectivity index (χ0v) is 9.23. The lowest BCUT2D eigenvalue weighted by atomic mass is 9.97. The molecule has 1 fully saturated rings. The Morgan fingerprint density at radius 2 is 2.25 bits per heavy atom. The fourth-order valence-corrected chi connectivity index (χ4v) is 2.86. The van der Waals surface area contributed by atoms with Crippen LogP contribution in [0, 0.1) is 0 Å². The number of nitrogens with two attached hydrogens (primary N) is 1.